The molecule has 0 amide bonds. The Morgan fingerprint density at radius 2 is 1.45 bits per heavy atom. The molecule has 0 heterocycles. The zero-order chi connectivity index (χ0) is 15.4. The largest absolute Gasteiger partial charge is 0.0807 e. The molecule has 22 heavy (non-hydrogen) atoms. The fourth-order valence-corrected chi connectivity index (χ4v) is 2.99. The van der Waals surface area contributed by atoms with Crippen LogP contribution in [0.25, 0.3) is 16.3 Å². The lowest BCUT2D eigenvalue weighted by Gasteiger charge is -2.13. The number of aryl methyl sites for hydroxylation is 2. The first-order chi connectivity index (χ1) is 10.7. The van der Waals surface area contributed by atoms with E-state index in [1.807, 2.05) is 0 Å². The first-order valence-corrected chi connectivity index (χ1v) is 7.94. The van der Waals surface area contributed by atoms with Crippen molar-refractivity contribution in [2.45, 2.75) is 26.7 Å². The van der Waals surface area contributed by atoms with Gasteiger partial charge in [-0.3, -0.25) is 0 Å². The molecule has 110 valence electrons. The second kappa shape index (κ2) is 6.62. The molecule has 0 saturated heterocycles. The predicted octanol–water partition coefficient (Wildman–Crippen LogP) is 6.18. The first kappa shape index (κ1) is 14.6. The molecule has 3 aromatic carbocycles. The molecular weight excluding hydrogens is 264 g/mol. The summed E-state index contributed by atoms with van der Waals surface area (Å²) >= 11 is 0. The van der Waals surface area contributed by atoms with Gasteiger partial charge in [-0.05, 0) is 54.2 Å². The third-order valence-corrected chi connectivity index (χ3v) is 4.21. The van der Waals surface area contributed by atoms with E-state index in [-0.39, 0.29) is 0 Å². The summed E-state index contributed by atoms with van der Waals surface area (Å²) in [4.78, 5) is 0. The summed E-state index contributed by atoms with van der Waals surface area (Å²) in [6.45, 7) is 4.31. The normalized spacial score (nSPS) is 12.9. The summed E-state index contributed by atoms with van der Waals surface area (Å²) in [6.07, 6.45) is 4.75. The topological polar surface area (TPSA) is 0 Å². The van der Waals surface area contributed by atoms with Crippen LogP contribution in [-0.2, 0) is 6.42 Å². The molecule has 0 N–H and O–H groups in total. The van der Waals surface area contributed by atoms with Gasteiger partial charge >= 0.3 is 0 Å². The number of benzene rings is 3. The van der Waals surface area contributed by atoms with E-state index in [9.17, 15) is 0 Å². The van der Waals surface area contributed by atoms with Crippen molar-refractivity contribution in [3.05, 3.63) is 89.5 Å². The maximum atomic E-state index is 2.32. The zero-order valence-electron chi connectivity index (χ0n) is 13.3. The average molecular weight is 286 g/mol. The minimum Gasteiger partial charge on any atom is -0.0807 e. The lowest BCUT2D eigenvalue weighted by molar-refractivity contribution is 0.975. The third-order valence-electron chi connectivity index (χ3n) is 4.21. The molecule has 3 aromatic rings. The maximum Gasteiger partial charge on any atom is -0.0181 e. The van der Waals surface area contributed by atoms with Gasteiger partial charge in [-0.25, -0.2) is 0 Å². The van der Waals surface area contributed by atoms with E-state index in [0.29, 0.717) is 0 Å². The van der Waals surface area contributed by atoms with Gasteiger partial charge in [0.1, 0.15) is 0 Å². The van der Waals surface area contributed by atoms with E-state index in [1.165, 1.54) is 45.9 Å². The van der Waals surface area contributed by atoms with Gasteiger partial charge in [0, 0.05) is 0 Å². The van der Waals surface area contributed by atoms with Crippen molar-refractivity contribution in [2.24, 2.45) is 0 Å². The average Bonchev–Trinajstić information content (AvgIpc) is 2.56. The van der Waals surface area contributed by atoms with Crippen LogP contribution < -0.4 is 0 Å². The Morgan fingerprint density at radius 1 is 0.727 bits per heavy atom. The molecule has 0 aliphatic heterocycles. The first-order valence-electron chi connectivity index (χ1n) is 7.94. The molecule has 0 radical (unpaired) electrons. The summed E-state index contributed by atoms with van der Waals surface area (Å²) in [5.74, 6) is 0. The lowest BCUT2D eigenvalue weighted by Crippen LogP contribution is -1.96. The molecule has 0 aromatic heterocycles. The molecule has 0 nitrogen and oxygen atoms in total. The summed E-state index contributed by atoms with van der Waals surface area (Å²) in [7, 11) is 0. The predicted molar refractivity (Wildman–Crippen MR) is 97.1 cm³/mol. The molecule has 1 aliphatic carbocycles. The molecule has 0 heteroatoms. The van der Waals surface area contributed by atoms with E-state index >= 15 is 0 Å². The quantitative estimate of drug-likeness (QED) is 0.462. The van der Waals surface area contributed by atoms with Gasteiger partial charge in [0.2, 0.25) is 0 Å². The van der Waals surface area contributed by atoms with Crippen LogP contribution in [-0.4, -0.2) is 0 Å². The number of allylic oxidation sites excluding steroid dienone is 2. The summed E-state index contributed by atoms with van der Waals surface area (Å²) in [5, 5.41) is 2.64. The van der Waals surface area contributed by atoms with Crippen molar-refractivity contribution in [1.29, 1.82) is 0 Å². The molecule has 0 unspecified atom stereocenters. The maximum absolute atomic E-state index is 2.32. The van der Waals surface area contributed by atoms with Crippen LogP contribution in [0.1, 0.15) is 30.0 Å². The summed E-state index contributed by atoms with van der Waals surface area (Å²) in [5.41, 5.74) is 5.71. The number of hydrogen-bond acceptors (Lipinski definition) is 0. The Labute approximate surface area is 133 Å². The zero-order valence-corrected chi connectivity index (χ0v) is 13.3. The fraction of sp³-hybridized carbons (Fsp3) is 0.182. The Kier molecular flexibility index (Phi) is 4.39. The van der Waals surface area contributed by atoms with Gasteiger partial charge in [0.15, 0.2) is 0 Å². The minimum absolute atomic E-state index is 1.21. The molecule has 0 atom stereocenters. The highest BCUT2D eigenvalue weighted by Crippen LogP contribution is 2.24. The Morgan fingerprint density at radius 3 is 2.27 bits per heavy atom. The lowest BCUT2D eigenvalue weighted by atomic mass is 9.92. The molecule has 0 bridgehead atoms. The van der Waals surface area contributed by atoms with Crippen LogP contribution in [0.15, 0.2) is 72.8 Å². The van der Waals surface area contributed by atoms with E-state index in [4.69, 9.17) is 0 Å². The second-order valence-electron chi connectivity index (χ2n) is 5.93. The van der Waals surface area contributed by atoms with Gasteiger partial charge < -0.3 is 0 Å². The number of rotatable bonds is 0. The number of fused-ring (bicyclic) bond motifs is 2. The summed E-state index contributed by atoms with van der Waals surface area (Å²) in [6, 6.07) is 23.6. The van der Waals surface area contributed by atoms with Crippen molar-refractivity contribution >= 4 is 16.3 Å². The number of hydrogen-bond donors (Lipinski definition) is 0. The van der Waals surface area contributed by atoms with E-state index in [0.717, 1.165) is 0 Å². The van der Waals surface area contributed by atoms with Crippen LogP contribution in [0.2, 0.25) is 0 Å². The van der Waals surface area contributed by atoms with Crippen molar-refractivity contribution in [3.63, 3.8) is 0 Å². The van der Waals surface area contributed by atoms with Crippen molar-refractivity contribution in [3.8, 4) is 0 Å². The SMILES string of the molecule is CC1=CCCc2ccccc21.Cc1ccc2ccccc2c1. The third kappa shape index (κ3) is 3.28. The van der Waals surface area contributed by atoms with Crippen LogP contribution in [0.5, 0.6) is 0 Å². The van der Waals surface area contributed by atoms with Gasteiger partial charge in [-0.1, -0.05) is 78.4 Å². The van der Waals surface area contributed by atoms with Crippen LogP contribution >= 0.6 is 0 Å². The van der Waals surface area contributed by atoms with E-state index in [1.54, 1.807) is 0 Å². The molecule has 4 rings (SSSR count). The van der Waals surface area contributed by atoms with Gasteiger partial charge in [0.05, 0.1) is 0 Å². The Hall–Kier alpha value is -2.34. The van der Waals surface area contributed by atoms with Gasteiger partial charge in [0.25, 0.3) is 0 Å². The summed E-state index contributed by atoms with van der Waals surface area (Å²) < 4.78 is 0. The van der Waals surface area contributed by atoms with Crippen molar-refractivity contribution in [2.75, 3.05) is 0 Å². The van der Waals surface area contributed by atoms with Crippen LogP contribution in [0, 0.1) is 6.92 Å². The minimum atomic E-state index is 1.21. The fourth-order valence-electron chi connectivity index (χ4n) is 2.99. The molecular formula is C22H22. The molecule has 1 aliphatic rings. The van der Waals surface area contributed by atoms with Gasteiger partial charge in [-0.15, -0.1) is 0 Å². The van der Waals surface area contributed by atoms with Gasteiger partial charge in [-0.2, -0.15) is 0 Å². The molecule has 0 fully saturated rings. The van der Waals surface area contributed by atoms with Crippen molar-refractivity contribution in [1.82, 2.24) is 0 Å². The standard InChI is InChI=1S/C11H12.C11H10/c1-9-5-4-7-10-6-2-3-8-11(9)10;1-9-6-7-10-4-2-3-5-11(10)8-9/h2-3,5-6,8H,4,7H2,1H3;2-8H,1H3. The Bertz CT molecular complexity index is 809. The highest BCUT2D eigenvalue weighted by atomic mass is 14.1. The monoisotopic (exact) mass is 286 g/mol. The molecule has 0 spiro atoms. The van der Waals surface area contributed by atoms with Crippen LogP contribution in [0.3, 0.4) is 0 Å². The molecule has 0 saturated carbocycles. The van der Waals surface area contributed by atoms with E-state index in [2.05, 4.69) is 86.7 Å². The highest BCUT2D eigenvalue weighted by molar-refractivity contribution is 5.82. The smallest absolute Gasteiger partial charge is 0.0181 e. The van der Waals surface area contributed by atoms with E-state index < -0.39 is 0 Å². The van der Waals surface area contributed by atoms with Crippen LogP contribution in [0.4, 0.5) is 0 Å². The second-order valence-corrected chi connectivity index (χ2v) is 5.93. The van der Waals surface area contributed by atoms with Crippen molar-refractivity contribution < 1.29 is 0 Å². The highest BCUT2D eigenvalue weighted by Gasteiger charge is 2.06. The Balaban J connectivity index is 0.000000131.